The lowest BCUT2D eigenvalue weighted by molar-refractivity contribution is -0.136. The average Bonchev–Trinajstić information content (AvgIpc) is 3.70. The number of ether oxygens (including phenoxy) is 11. The van der Waals surface area contributed by atoms with E-state index in [1.807, 2.05) is 20.9 Å². The Kier molecular flexibility index (Phi) is 33.8. The second-order valence-electron chi connectivity index (χ2n) is 16.3. The van der Waals surface area contributed by atoms with Gasteiger partial charge in [0.1, 0.15) is 10.0 Å². The number of nitrogens with two attached hydrogens (primary N) is 1. The van der Waals surface area contributed by atoms with Crippen molar-refractivity contribution in [1.82, 2.24) is 14.5 Å². The minimum absolute atomic E-state index is 0.0142. The molecule has 74 heavy (non-hydrogen) atoms. The van der Waals surface area contributed by atoms with Crippen molar-refractivity contribution in [2.24, 2.45) is 10.7 Å². The lowest BCUT2D eigenvalue weighted by Gasteiger charge is -2.22. The highest BCUT2D eigenvalue weighted by atomic mass is 32.2. The summed E-state index contributed by atoms with van der Waals surface area (Å²) in [7, 11) is -1.84. The maximum atomic E-state index is 13.6. The first-order chi connectivity index (χ1) is 35.8. The van der Waals surface area contributed by atoms with Crippen LogP contribution in [0.1, 0.15) is 50.8 Å². The van der Waals surface area contributed by atoms with Crippen LogP contribution in [0.15, 0.2) is 26.9 Å². The zero-order chi connectivity index (χ0) is 53.8. The molecule has 3 N–H and O–H groups in total. The molecule has 2 aromatic rings. The van der Waals surface area contributed by atoms with E-state index in [2.05, 4.69) is 19.4 Å². The summed E-state index contributed by atoms with van der Waals surface area (Å²) in [6.07, 6.45) is 3.80. The first kappa shape index (κ1) is 64.5. The van der Waals surface area contributed by atoms with E-state index in [1.54, 1.807) is 11.0 Å². The second-order valence-corrected chi connectivity index (χ2v) is 19.3. The highest BCUT2D eigenvalue weighted by Crippen LogP contribution is 2.37. The van der Waals surface area contributed by atoms with Crippen molar-refractivity contribution in [2.75, 3.05) is 172 Å². The van der Waals surface area contributed by atoms with Gasteiger partial charge in [0.2, 0.25) is 33.3 Å². The van der Waals surface area contributed by atoms with E-state index in [0.717, 1.165) is 24.2 Å². The third-order valence-electron chi connectivity index (χ3n) is 10.2. The summed E-state index contributed by atoms with van der Waals surface area (Å²) in [5.41, 5.74) is 7.09. The summed E-state index contributed by atoms with van der Waals surface area (Å²) >= 11 is 1.08. The number of nitrogens with one attached hydrogen (secondary N) is 1. The number of sulfonamides is 1. The molecule has 0 unspecified atom stereocenters. The Bertz CT molecular complexity index is 2060. The number of carbonyl (C=O) groups is 2. The fourth-order valence-corrected chi connectivity index (χ4v) is 9.00. The lowest BCUT2D eigenvalue weighted by atomic mass is 10.1. The molecule has 2 heterocycles. The van der Waals surface area contributed by atoms with E-state index in [9.17, 15) is 35.6 Å². The molecule has 0 fully saturated rings. The Hall–Kier alpha value is -3.74. The molecule has 20 nitrogen and oxygen atoms in total. The van der Waals surface area contributed by atoms with E-state index in [0.29, 0.717) is 154 Å². The Morgan fingerprint density at radius 1 is 0.649 bits per heavy atom. The first-order valence-corrected chi connectivity index (χ1v) is 27.0. The van der Waals surface area contributed by atoms with Gasteiger partial charge in [-0.05, 0) is 45.0 Å². The number of hydrogen-bond acceptors (Lipinski definition) is 19. The number of nitrogens with zero attached hydrogens (tertiary/aromatic N) is 3. The van der Waals surface area contributed by atoms with Gasteiger partial charge >= 0.3 is 5.97 Å². The quantitative estimate of drug-likeness (QED) is 0.0306. The molecule has 0 atom stereocenters. The van der Waals surface area contributed by atoms with Gasteiger partial charge in [-0.2, -0.15) is 8.78 Å². The number of halogens is 4. The molecule has 0 bridgehead atoms. The fraction of sp³-hybridized carbons (Fsp3) is 0.688. The van der Waals surface area contributed by atoms with Crippen molar-refractivity contribution >= 4 is 50.8 Å². The molecule has 0 saturated carbocycles. The Balaban J connectivity index is 1.01. The first-order valence-electron chi connectivity index (χ1n) is 24.7. The lowest BCUT2D eigenvalue weighted by Crippen LogP contribution is -2.34. The number of likely N-dealkylation sites (N-methyl/N-ethyl adjacent to an activating group) is 1. The summed E-state index contributed by atoms with van der Waals surface area (Å²) in [4.78, 5) is 33.9. The number of carbonyl (C=O) groups excluding carboxylic acids is 2. The Morgan fingerprint density at radius 3 is 1.53 bits per heavy atom. The molecule has 1 aromatic carbocycles. The van der Waals surface area contributed by atoms with Crippen LogP contribution in [0.25, 0.3) is 6.08 Å². The zero-order valence-electron chi connectivity index (χ0n) is 42.8. The summed E-state index contributed by atoms with van der Waals surface area (Å²) in [6.45, 7) is 14.0. The number of thiophene rings is 1. The molecule has 0 aliphatic carbocycles. The van der Waals surface area contributed by atoms with Gasteiger partial charge in [-0.25, -0.2) is 26.9 Å². The standard InChI is InChI=1S/C48H75F4N5O15S2/c1-4-9-57(10-5-2)48(59)37-33-41-40(55-42(53)34-37)36-44(73-41)74(60,61)54-8-6-11-56(3)12-14-63-16-18-65-20-22-67-24-26-69-28-30-71-32-31-70-29-27-68-25-23-66-21-19-64-17-15-62-13-7-43(58)72-47-45(51)38(49)35-39(50)46(47)52/h33,35-36,54H,4-32,34H2,1-3H3,(H2,53,55). The smallest absolute Gasteiger partial charge is 0.313 e. The van der Waals surface area contributed by atoms with E-state index in [-0.39, 0.29) is 61.4 Å². The largest absolute Gasteiger partial charge is 0.420 e. The highest BCUT2D eigenvalue weighted by molar-refractivity contribution is 7.91. The minimum atomic E-state index is -3.78. The number of amides is 1. The predicted molar refractivity (Wildman–Crippen MR) is 267 cm³/mol. The number of benzene rings is 1. The van der Waals surface area contributed by atoms with Gasteiger partial charge in [-0.3, -0.25) is 9.59 Å². The molecule has 26 heteroatoms. The summed E-state index contributed by atoms with van der Waals surface area (Å²) < 4.78 is 142. The Morgan fingerprint density at radius 2 is 1.08 bits per heavy atom. The normalized spacial score (nSPS) is 12.8. The van der Waals surface area contributed by atoms with Gasteiger partial charge in [0, 0.05) is 44.2 Å². The highest BCUT2D eigenvalue weighted by Gasteiger charge is 2.26. The molecule has 0 saturated heterocycles. The molecule has 422 valence electrons. The van der Waals surface area contributed by atoms with E-state index in [4.69, 9.17) is 53.1 Å². The zero-order valence-corrected chi connectivity index (χ0v) is 44.4. The number of aliphatic imine (C=N–C) groups is 1. The molecular weight excluding hydrogens is 1030 g/mol. The predicted octanol–water partition coefficient (Wildman–Crippen LogP) is 4.49. The van der Waals surface area contributed by atoms with Crippen LogP contribution in [0.4, 0.5) is 23.2 Å². The SMILES string of the molecule is CCCN(CCC)C(=O)C1=Cc2sc(S(=O)(=O)NCCCN(C)CCOCCOCCOCCOCCOCCOCCOCCOCCOCCOCCC(=O)Oc3c(F)c(F)cc(F)c3F)cc2N=C(N)C1. The van der Waals surface area contributed by atoms with Crippen LogP contribution in [0, 0.1) is 23.3 Å². The third-order valence-corrected chi connectivity index (χ3v) is 13.2. The summed E-state index contributed by atoms with van der Waals surface area (Å²) in [5, 5.41) is 0. The minimum Gasteiger partial charge on any atom is -0.420 e. The molecular formula is C48H75F4N5O15S2. The van der Waals surface area contributed by atoms with E-state index in [1.165, 1.54) is 6.07 Å². The molecule has 1 aliphatic heterocycles. The van der Waals surface area contributed by atoms with Crippen LogP contribution in [0.3, 0.4) is 0 Å². The van der Waals surface area contributed by atoms with Gasteiger partial charge < -0.3 is 67.6 Å². The average molecular weight is 1100 g/mol. The summed E-state index contributed by atoms with van der Waals surface area (Å²) in [5.74, 6) is -9.36. The van der Waals surface area contributed by atoms with Gasteiger partial charge in [0.15, 0.2) is 11.6 Å². The van der Waals surface area contributed by atoms with Crippen molar-refractivity contribution in [3.05, 3.63) is 45.9 Å². The van der Waals surface area contributed by atoms with Crippen molar-refractivity contribution in [3.63, 3.8) is 0 Å². The second kappa shape index (κ2) is 38.7. The number of fused-ring (bicyclic) bond motifs is 1. The van der Waals surface area contributed by atoms with Gasteiger partial charge in [0.05, 0.1) is 149 Å². The van der Waals surface area contributed by atoms with Crippen LogP contribution in [-0.2, 0) is 67.0 Å². The van der Waals surface area contributed by atoms with Gasteiger partial charge in [-0.1, -0.05) is 13.8 Å². The third kappa shape index (κ3) is 26.8. The van der Waals surface area contributed by atoms with Crippen LogP contribution in [0.2, 0.25) is 0 Å². The molecule has 1 aromatic heterocycles. The van der Waals surface area contributed by atoms with Crippen LogP contribution in [0.5, 0.6) is 5.75 Å². The van der Waals surface area contributed by atoms with Crippen molar-refractivity contribution < 1.29 is 87.7 Å². The number of rotatable bonds is 45. The number of esters is 1. The summed E-state index contributed by atoms with van der Waals surface area (Å²) in [6, 6.07) is 1.52. The fourth-order valence-electron chi connectivity index (χ4n) is 6.49. The van der Waals surface area contributed by atoms with E-state index >= 15 is 0 Å². The van der Waals surface area contributed by atoms with Gasteiger partial charge in [-0.15, -0.1) is 11.3 Å². The topological polar surface area (TPSA) is 227 Å². The maximum Gasteiger partial charge on any atom is 0.313 e. The Labute approximate surface area is 436 Å². The monoisotopic (exact) mass is 1100 g/mol. The van der Waals surface area contributed by atoms with Crippen LogP contribution in [-0.4, -0.2) is 208 Å². The molecule has 1 aliphatic rings. The van der Waals surface area contributed by atoms with Crippen molar-refractivity contribution in [2.45, 2.75) is 50.2 Å². The molecule has 0 spiro atoms. The van der Waals surface area contributed by atoms with Crippen molar-refractivity contribution in [3.8, 4) is 5.75 Å². The van der Waals surface area contributed by atoms with E-state index < -0.39 is 51.4 Å². The van der Waals surface area contributed by atoms with Gasteiger partial charge in [0.25, 0.3) is 0 Å². The van der Waals surface area contributed by atoms with Crippen molar-refractivity contribution in [1.29, 1.82) is 0 Å². The van der Waals surface area contributed by atoms with Crippen LogP contribution >= 0.6 is 11.3 Å². The maximum absolute atomic E-state index is 13.6. The molecule has 1 amide bonds. The molecule has 0 radical (unpaired) electrons. The number of hydrogen-bond donors (Lipinski definition) is 2. The molecule has 3 rings (SSSR count). The number of amidine groups is 1. The van der Waals surface area contributed by atoms with Crippen LogP contribution < -0.4 is 15.2 Å².